The van der Waals surface area contributed by atoms with Crippen molar-refractivity contribution in [2.45, 2.75) is 42.6 Å². The van der Waals surface area contributed by atoms with Gasteiger partial charge < -0.3 is 5.11 Å². The number of aromatic carboxylic acids is 1. The summed E-state index contributed by atoms with van der Waals surface area (Å²) in [6.45, 7) is 3.32. The van der Waals surface area contributed by atoms with E-state index >= 15 is 0 Å². The van der Waals surface area contributed by atoms with E-state index < -0.39 is 47.7 Å². The Kier molecular flexibility index (Phi) is 5.68. The van der Waals surface area contributed by atoms with Gasteiger partial charge in [-0.05, 0) is 31.5 Å². The molecule has 0 aliphatic rings. The van der Waals surface area contributed by atoms with E-state index in [4.69, 9.17) is 13.8 Å². The fourth-order valence-corrected chi connectivity index (χ4v) is 4.16. The Morgan fingerprint density at radius 1 is 1.23 bits per heavy atom. The average Bonchev–Trinajstić information content (AvgIpc) is 2.36. The molecule has 0 aliphatic heterocycles. The van der Waals surface area contributed by atoms with Crippen LogP contribution in [0.15, 0.2) is 28.0 Å². The van der Waals surface area contributed by atoms with Gasteiger partial charge in [-0.25, -0.2) is 4.79 Å². The van der Waals surface area contributed by atoms with Crippen LogP contribution in [-0.4, -0.2) is 38.6 Å². The van der Waals surface area contributed by atoms with Crippen molar-refractivity contribution in [1.82, 2.24) is 0 Å². The van der Waals surface area contributed by atoms with E-state index in [1.807, 2.05) is 6.92 Å². The molecular weight excluding hydrogens is 336 g/mol. The third-order valence-electron chi connectivity index (χ3n) is 2.72. The summed E-state index contributed by atoms with van der Waals surface area (Å²) in [5.41, 5.74) is -0.479. The van der Waals surface area contributed by atoms with Crippen LogP contribution in [0, 0.1) is 0 Å². The molecule has 22 heavy (non-hydrogen) atoms. The predicted octanol–water partition coefficient (Wildman–Crippen LogP) is 1.53. The van der Waals surface area contributed by atoms with Crippen LogP contribution in [0.1, 0.15) is 37.0 Å². The van der Waals surface area contributed by atoms with Crippen LogP contribution in [0.3, 0.4) is 0 Å². The summed E-state index contributed by atoms with van der Waals surface area (Å²) in [5.74, 6) is -1.46. The van der Waals surface area contributed by atoms with Crippen molar-refractivity contribution >= 4 is 26.2 Å². The van der Waals surface area contributed by atoms with Gasteiger partial charge in [-0.2, -0.15) is 16.8 Å². The summed E-state index contributed by atoms with van der Waals surface area (Å²) in [7, 11) is -9.41. The molecule has 2 N–H and O–H groups in total. The lowest BCUT2D eigenvalue weighted by molar-refractivity contribution is 0.0696. The zero-order valence-electron chi connectivity index (χ0n) is 11.9. The summed E-state index contributed by atoms with van der Waals surface area (Å²) in [4.78, 5) is 9.01. The minimum atomic E-state index is -4.94. The average molecular weight is 352 g/mol. The Balaban J connectivity index is 3.44. The van der Waals surface area contributed by atoms with Crippen molar-refractivity contribution in [2.24, 2.45) is 0 Å². The molecule has 0 saturated heterocycles. The lowest BCUT2D eigenvalue weighted by Crippen LogP contribution is -2.18. The van der Waals surface area contributed by atoms with Gasteiger partial charge in [-0.15, -0.1) is 0 Å². The Bertz CT molecular complexity index is 764. The second kappa shape index (κ2) is 6.73. The highest BCUT2D eigenvalue weighted by Gasteiger charge is 2.28. The molecule has 0 aliphatic carbocycles. The molecule has 1 rings (SSSR count). The van der Waals surface area contributed by atoms with Crippen LogP contribution in [0.4, 0.5) is 0 Å². The van der Waals surface area contributed by atoms with Gasteiger partial charge in [0, 0.05) is 0 Å². The Morgan fingerprint density at radius 2 is 1.82 bits per heavy atom. The molecule has 0 radical (unpaired) electrons. The molecular formula is C12H16O8S2. The van der Waals surface area contributed by atoms with Crippen LogP contribution < -0.4 is 0 Å². The highest BCUT2D eigenvalue weighted by Crippen LogP contribution is 2.25. The molecule has 0 amide bonds. The summed E-state index contributed by atoms with van der Waals surface area (Å²) in [5, 5.41) is 8.83. The first-order chi connectivity index (χ1) is 9.99. The van der Waals surface area contributed by atoms with Gasteiger partial charge in [0.15, 0.2) is 0 Å². The molecule has 0 aromatic heterocycles. The zero-order valence-corrected chi connectivity index (χ0v) is 13.5. The van der Waals surface area contributed by atoms with Gasteiger partial charge in [-0.1, -0.05) is 13.3 Å². The maximum atomic E-state index is 12.1. The van der Waals surface area contributed by atoms with E-state index in [0.29, 0.717) is 18.9 Å². The topological polar surface area (TPSA) is 135 Å². The number of hydrogen-bond donors (Lipinski definition) is 2. The number of carboxylic acids is 1. The summed E-state index contributed by atoms with van der Waals surface area (Å²) in [6, 6.07) is 2.26. The molecule has 1 aromatic carbocycles. The molecule has 1 unspecified atom stereocenters. The van der Waals surface area contributed by atoms with E-state index in [1.165, 1.54) is 6.92 Å². The second-order valence-electron chi connectivity index (χ2n) is 4.59. The van der Waals surface area contributed by atoms with Gasteiger partial charge in [-0.3, -0.25) is 8.74 Å². The number of benzene rings is 1. The molecule has 0 spiro atoms. The molecule has 124 valence electrons. The van der Waals surface area contributed by atoms with Crippen molar-refractivity contribution in [3.63, 3.8) is 0 Å². The Hall–Kier alpha value is -1.49. The van der Waals surface area contributed by atoms with Crippen LogP contribution in [0.25, 0.3) is 0 Å². The van der Waals surface area contributed by atoms with Crippen LogP contribution in [0.2, 0.25) is 0 Å². The number of hydrogen-bond acceptors (Lipinski definition) is 6. The van der Waals surface area contributed by atoms with E-state index in [2.05, 4.69) is 0 Å². The first-order valence-electron chi connectivity index (χ1n) is 6.27. The maximum Gasteiger partial charge on any atom is 0.335 e. The maximum absolute atomic E-state index is 12.1. The van der Waals surface area contributed by atoms with Gasteiger partial charge in [0.05, 0.1) is 11.7 Å². The summed E-state index contributed by atoms with van der Waals surface area (Å²) >= 11 is 0. The first kappa shape index (κ1) is 18.6. The molecule has 0 bridgehead atoms. The third kappa shape index (κ3) is 4.50. The normalized spacial score (nSPS) is 13.8. The molecule has 1 atom stereocenters. The number of carbonyl (C=O) groups is 1. The first-order valence-corrected chi connectivity index (χ1v) is 9.12. The predicted molar refractivity (Wildman–Crippen MR) is 75.9 cm³/mol. The highest BCUT2D eigenvalue weighted by molar-refractivity contribution is 7.89. The van der Waals surface area contributed by atoms with Gasteiger partial charge in [0.2, 0.25) is 0 Å². The molecule has 1 aromatic rings. The quantitative estimate of drug-likeness (QED) is 0.557. The Labute approximate surface area is 128 Å². The molecule has 8 nitrogen and oxygen atoms in total. The van der Waals surface area contributed by atoms with Gasteiger partial charge in [0.25, 0.3) is 20.2 Å². The SMILES string of the molecule is CCCC(C)OS(=O)(=O)c1ccc(C(=O)O)cc1S(=O)(=O)O. The highest BCUT2D eigenvalue weighted by atomic mass is 32.2. The lowest BCUT2D eigenvalue weighted by atomic mass is 10.2. The zero-order chi connectivity index (χ0) is 17.1. The van der Waals surface area contributed by atoms with Crippen LogP contribution in [-0.2, 0) is 24.4 Å². The van der Waals surface area contributed by atoms with Crippen molar-refractivity contribution in [2.75, 3.05) is 0 Å². The third-order valence-corrected chi connectivity index (χ3v) is 5.22. The summed E-state index contributed by atoms with van der Waals surface area (Å²) < 4.78 is 60.9. The minimum absolute atomic E-state index is 0.424. The molecule has 0 saturated carbocycles. The van der Waals surface area contributed by atoms with Crippen molar-refractivity contribution in [3.05, 3.63) is 23.8 Å². The fourth-order valence-electron chi connectivity index (χ4n) is 1.77. The molecule has 0 heterocycles. The largest absolute Gasteiger partial charge is 0.478 e. The van der Waals surface area contributed by atoms with Crippen molar-refractivity contribution < 1.29 is 35.5 Å². The van der Waals surface area contributed by atoms with Crippen molar-refractivity contribution in [1.29, 1.82) is 0 Å². The van der Waals surface area contributed by atoms with Crippen LogP contribution >= 0.6 is 0 Å². The monoisotopic (exact) mass is 352 g/mol. The Morgan fingerprint density at radius 3 is 2.27 bits per heavy atom. The number of carboxylic acid groups (broad SMARTS) is 1. The van der Waals surface area contributed by atoms with E-state index in [-0.39, 0.29) is 0 Å². The lowest BCUT2D eigenvalue weighted by Gasteiger charge is -2.14. The minimum Gasteiger partial charge on any atom is -0.478 e. The van der Waals surface area contributed by atoms with E-state index in [0.717, 1.165) is 12.1 Å². The summed E-state index contributed by atoms with van der Waals surface area (Å²) in [6.07, 6.45) is 0.386. The van der Waals surface area contributed by atoms with E-state index in [1.54, 1.807) is 0 Å². The van der Waals surface area contributed by atoms with Crippen molar-refractivity contribution in [3.8, 4) is 0 Å². The fraction of sp³-hybridized carbons (Fsp3) is 0.417. The van der Waals surface area contributed by atoms with Crippen LogP contribution in [0.5, 0.6) is 0 Å². The standard InChI is InChI=1S/C12H16O8S2/c1-3-4-8(2)20-22(18,19)10-6-5-9(12(13)14)7-11(10)21(15,16)17/h5-8H,3-4H2,1-2H3,(H,13,14)(H,15,16,17). The van der Waals surface area contributed by atoms with Gasteiger partial charge >= 0.3 is 5.97 Å². The van der Waals surface area contributed by atoms with E-state index in [9.17, 15) is 21.6 Å². The smallest absolute Gasteiger partial charge is 0.335 e. The number of rotatable bonds is 7. The molecule has 0 fully saturated rings. The van der Waals surface area contributed by atoms with Gasteiger partial charge in [0.1, 0.15) is 9.79 Å². The second-order valence-corrected chi connectivity index (χ2v) is 7.52. The molecule has 10 heteroatoms.